The average molecular weight is 484 g/mol. The molecule has 0 bridgehead atoms. The largest absolute Gasteiger partial charge is 0.344 e. The van der Waals surface area contributed by atoms with Crippen molar-refractivity contribution in [3.63, 3.8) is 0 Å². The number of nitrogens with one attached hydrogen (secondary N) is 2. The zero-order chi connectivity index (χ0) is 24.1. The average Bonchev–Trinajstić information content (AvgIpc) is 2.87. The van der Waals surface area contributed by atoms with Crippen molar-refractivity contribution < 1.29 is 18.0 Å². The summed E-state index contributed by atoms with van der Waals surface area (Å²) in [5, 5.41) is 2.92. The van der Waals surface area contributed by atoms with Gasteiger partial charge in [0.25, 0.3) is 0 Å². The molecule has 1 fully saturated rings. The second kappa shape index (κ2) is 10.7. The molecule has 0 saturated heterocycles. The first-order chi connectivity index (χ1) is 16.3. The number of benzene rings is 2. The summed E-state index contributed by atoms with van der Waals surface area (Å²) >= 11 is 0. The van der Waals surface area contributed by atoms with E-state index in [2.05, 4.69) is 22.2 Å². The molecule has 2 aromatic carbocycles. The van der Waals surface area contributed by atoms with Crippen molar-refractivity contribution in [2.75, 3.05) is 13.1 Å². The second-order valence-corrected chi connectivity index (χ2v) is 11.2. The summed E-state index contributed by atoms with van der Waals surface area (Å²) in [6, 6.07) is 15.9. The van der Waals surface area contributed by atoms with E-state index in [9.17, 15) is 18.0 Å². The highest BCUT2D eigenvalue weighted by atomic mass is 32.2. The Hall–Kier alpha value is -2.71. The van der Waals surface area contributed by atoms with E-state index in [0.29, 0.717) is 32.5 Å². The van der Waals surface area contributed by atoms with E-state index < -0.39 is 16.1 Å². The summed E-state index contributed by atoms with van der Waals surface area (Å²) in [5.41, 5.74) is 2.45. The normalized spacial score (nSPS) is 21.4. The highest BCUT2D eigenvalue weighted by Crippen LogP contribution is 2.29. The third kappa shape index (κ3) is 5.85. The van der Waals surface area contributed by atoms with Gasteiger partial charge in [0.2, 0.25) is 21.8 Å². The summed E-state index contributed by atoms with van der Waals surface area (Å²) in [7, 11) is -3.52. The van der Waals surface area contributed by atoms with Crippen LogP contribution in [0, 0.1) is 11.8 Å². The molecule has 1 aliphatic heterocycles. The third-order valence-corrected chi connectivity index (χ3v) is 8.44. The Morgan fingerprint density at radius 1 is 0.971 bits per heavy atom. The van der Waals surface area contributed by atoms with Crippen molar-refractivity contribution in [1.82, 2.24) is 14.9 Å². The number of nitrogens with zero attached hydrogens (tertiary/aromatic N) is 1. The van der Waals surface area contributed by atoms with Gasteiger partial charge in [-0.15, -0.1) is 0 Å². The lowest BCUT2D eigenvalue weighted by Crippen LogP contribution is -2.50. The molecule has 1 atom stereocenters. The van der Waals surface area contributed by atoms with Gasteiger partial charge >= 0.3 is 0 Å². The molecule has 2 amide bonds. The Balaban J connectivity index is 1.22. The van der Waals surface area contributed by atoms with Crippen LogP contribution in [0.1, 0.15) is 43.7 Å². The fourth-order valence-electron chi connectivity index (χ4n) is 4.89. The number of hydrogen-bond donors (Lipinski definition) is 2. The molecule has 0 unspecified atom stereocenters. The lowest BCUT2D eigenvalue weighted by Gasteiger charge is -2.32. The molecule has 7 nitrogen and oxygen atoms in total. The molecule has 2 N–H and O–H groups in total. The first-order valence-electron chi connectivity index (χ1n) is 12.0. The van der Waals surface area contributed by atoms with Crippen molar-refractivity contribution in [1.29, 1.82) is 0 Å². The number of carbonyl (C=O) groups is 2. The van der Waals surface area contributed by atoms with E-state index in [1.165, 1.54) is 11.1 Å². The molecule has 4 rings (SSSR count). The molecule has 0 radical (unpaired) electrons. The van der Waals surface area contributed by atoms with Crippen LogP contribution in [-0.2, 0) is 32.6 Å². The van der Waals surface area contributed by atoms with Gasteiger partial charge in [-0.05, 0) is 68.2 Å². The lowest BCUT2D eigenvalue weighted by atomic mass is 9.81. The molecule has 1 aliphatic carbocycles. The maximum atomic E-state index is 12.9. The highest BCUT2D eigenvalue weighted by molar-refractivity contribution is 7.89. The highest BCUT2D eigenvalue weighted by Gasteiger charge is 2.30. The van der Waals surface area contributed by atoms with E-state index in [1.54, 1.807) is 37.3 Å². The van der Waals surface area contributed by atoms with Crippen molar-refractivity contribution in [3.8, 4) is 0 Å². The summed E-state index contributed by atoms with van der Waals surface area (Å²) in [6.45, 7) is 3.38. The van der Waals surface area contributed by atoms with Crippen LogP contribution in [-0.4, -0.2) is 44.3 Å². The fraction of sp³-hybridized carbons (Fsp3) is 0.462. The predicted molar refractivity (Wildman–Crippen MR) is 130 cm³/mol. The van der Waals surface area contributed by atoms with Crippen LogP contribution in [0.25, 0.3) is 0 Å². The maximum Gasteiger partial charge on any atom is 0.245 e. The standard InChI is InChI=1S/C26H33N3O4S/c1-19(26(31)29-16-15-21-7-5-6-8-23(21)18-29)28-25(30)22-13-11-20(12-14-22)17-27-34(32,33)24-9-3-2-4-10-24/h2-10,19-20,22,27H,11-18H2,1H3,(H,28,30)/t19-,20?,22?/m0/s1. The van der Waals surface area contributed by atoms with Gasteiger partial charge in [-0.1, -0.05) is 42.5 Å². The van der Waals surface area contributed by atoms with E-state index >= 15 is 0 Å². The molecule has 34 heavy (non-hydrogen) atoms. The van der Waals surface area contributed by atoms with Gasteiger partial charge in [0, 0.05) is 25.6 Å². The molecular formula is C26H33N3O4S. The van der Waals surface area contributed by atoms with E-state index in [4.69, 9.17) is 0 Å². The van der Waals surface area contributed by atoms with Gasteiger partial charge in [-0.2, -0.15) is 0 Å². The van der Waals surface area contributed by atoms with Crippen molar-refractivity contribution in [3.05, 3.63) is 65.7 Å². The topological polar surface area (TPSA) is 95.6 Å². The van der Waals surface area contributed by atoms with Crippen LogP contribution < -0.4 is 10.0 Å². The zero-order valence-corrected chi connectivity index (χ0v) is 20.4. The van der Waals surface area contributed by atoms with Crippen LogP contribution in [0.5, 0.6) is 0 Å². The molecule has 0 aromatic heterocycles. The van der Waals surface area contributed by atoms with Gasteiger partial charge in [0.15, 0.2) is 0 Å². The van der Waals surface area contributed by atoms with E-state index in [1.807, 2.05) is 17.0 Å². The smallest absolute Gasteiger partial charge is 0.245 e. The van der Waals surface area contributed by atoms with Gasteiger partial charge in [-0.3, -0.25) is 9.59 Å². The van der Waals surface area contributed by atoms with Crippen molar-refractivity contribution >= 4 is 21.8 Å². The minimum Gasteiger partial charge on any atom is -0.344 e. The van der Waals surface area contributed by atoms with Crippen LogP contribution in [0.3, 0.4) is 0 Å². The SMILES string of the molecule is C[C@H](NC(=O)C1CCC(CNS(=O)(=O)c2ccccc2)CC1)C(=O)N1CCc2ccccc2C1. The zero-order valence-electron chi connectivity index (χ0n) is 19.6. The van der Waals surface area contributed by atoms with Crippen molar-refractivity contribution in [2.45, 2.75) is 56.5 Å². The molecule has 2 aromatic rings. The first kappa shape index (κ1) is 24.4. The number of carbonyl (C=O) groups excluding carboxylic acids is 2. The van der Waals surface area contributed by atoms with Crippen LogP contribution >= 0.6 is 0 Å². The molecular weight excluding hydrogens is 450 g/mol. The monoisotopic (exact) mass is 483 g/mol. The van der Waals surface area contributed by atoms with Gasteiger partial charge in [-0.25, -0.2) is 13.1 Å². The Labute approximate surface area is 202 Å². The van der Waals surface area contributed by atoms with Gasteiger partial charge in [0.05, 0.1) is 4.90 Å². The minimum atomic E-state index is -3.52. The molecule has 1 saturated carbocycles. The number of rotatable bonds is 7. The van der Waals surface area contributed by atoms with Crippen molar-refractivity contribution in [2.24, 2.45) is 11.8 Å². The van der Waals surface area contributed by atoms with Crippen LogP contribution in [0.15, 0.2) is 59.5 Å². The summed E-state index contributed by atoms with van der Waals surface area (Å²) in [6.07, 6.45) is 3.78. The van der Waals surface area contributed by atoms with Gasteiger partial charge in [0.1, 0.15) is 6.04 Å². The predicted octanol–water partition coefficient (Wildman–Crippen LogP) is 2.86. The summed E-state index contributed by atoms with van der Waals surface area (Å²) in [4.78, 5) is 27.8. The van der Waals surface area contributed by atoms with E-state index in [0.717, 1.165) is 19.3 Å². The Morgan fingerprint density at radius 2 is 1.62 bits per heavy atom. The number of amides is 2. The molecule has 182 valence electrons. The van der Waals surface area contributed by atoms with Gasteiger partial charge < -0.3 is 10.2 Å². The third-order valence-electron chi connectivity index (χ3n) is 7.00. The summed E-state index contributed by atoms with van der Waals surface area (Å²) < 4.78 is 27.5. The Morgan fingerprint density at radius 3 is 2.32 bits per heavy atom. The first-order valence-corrected chi connectivity index (χ1v) is 13.5. The van der Waals surface area contributed by atoms with Crippen LogP contribution in [0.4, 0.5) is 0 Å². The minimum absolute atomic E-state index is 0.0492. The second-order valence-electron chi connectivity index (χ2n) is 9.39. The number of fused-ring (bicyclic) bond motifs is 1. The molecule has 2 aliphatic rings. The summed E-state index contributed by atoms with van der Waals surface area (Å²) in [5.74, 6) is -0.0669. The number of hydrogen-bond acceptors (Lipinski definition) is 4. The molecule has 8 heteroatoms. The quantitative estimate of drug-likeness (QED) is 0.633. The lowest BCUT2D eigenvalue weighted by molar-refractivity contribution is -0.138. The Bertz CT molecular complexity index is 1110. The van der Waals surface area contributed by atoms with Crippen LogP contribution in [0.2, 0.25) is 0 Å². The Kier molecular flexibility index (Phi) is 7.68. The molecule has 0 spiro atoms. The fourth-order valence-corrected chi connectivity index (χ4v) is 6.03. The molecule has 1 heterocycles. The van der Waals surface area contributed by atoms with E-state index in [-0.39, 0.29) is 28.5 Å². The number of sulfonamides is 1. The maximum absolute atomic E-state index is 12.9.